The van der Waals surface area contributed by atoms with Gasteiger partial charge >= 0.3 is 6.61 Å². The van der Waals surface area contributed by atoms with Crippen molar-refractivity contribution in [2.45, 2.75) is 18.6 Å². The molecule has 35 heavy (non-hydrogen) atoms. The molecule has 2 aromatic carbocycles. The molecule has 0 unspecified atom stereocenters. The summed E-state index contributed by atoms with van der Waals surface area (Å²) in [4.78, 5) is 22.1. The summed E-state index contributed by atoms with van der Waals surface area (Å²) < 4.78 is 41.2. The Morgan fingerprint density at radius 1 is 1.11 bits per heavy atom. The second kappa shape index (κ2) is 10.6. The van der Waals surface area contributed by atoms with E-state index in [9.17, 15) is 13.6 Å². The standard InChI is InChI=1S/C25H21F2N3O4S/c1-14-21(24(35-3)30-22(28-14)20-5-4-12-33-20)23(31)29-16-8-11-19(34-25(26)27)18(13-16)15-6-9-17(32-2)10-7-15/h4-13,25H,1-3H3,(H,29,31). The topological polar surface area (TPSA) is 86.5 Å². The molecule has 0 radical (unpaired) electrons. The van der Waals surface area contributed by atoms with E-state index in [2.05, 4.69) is 15.3 Å². The second-order valence-electron chi connectivity index (χ2n) is 7.27. The van der Waals surface area contributed by atoms with Gasteiger partial charge in [0.05, 0.1) is 24.6 Å². The van der Waals surface area contributed by atoms with Crippen LogP contribution in [0.5, 0.6) is 11.5 Å². The summed E-state index contributed by atoms with van der Waals surface area (Å²) in [6, 6.07) is 14.8. The first-order valence-electron chi connectivity index (χ1n) is 10.4. The number of nitrogens with zero attached hydrogens (tertiary/aromatic N) is 2. The number of aryl methyl sites for hydroxylation is 1. The third-order valence-electron chi connectivity index (χ3n) is 5.07. The van der Waals surface area contributed by atoms with Crippen LogP contribution < -0.4 is 14.8 Å². The van der Waals surface area contributed by atoms with Crippen LogP contribution in [0.2, 0.25) is 0 Å². The molecular formula is C25H21F2N3O4S. The third-order valence-corrected chi connectivity index (χ3v) is 5.76. The monoisotopic (exact) mass is 497 g/mol. The molecule has 4 aromatic rings. The van der Waals surface area contributed by atoms with Gasteiger partial charge in [0.2, 0.25) is 0 Å². The highest BCUT2D eigenvalue weighted by Gasteiger charge is 2.21. The van der Waals surface area contributed by atoms with Crippen molar-refractivity contribution in [3.8, 4) is 34.2 Å². The zero-order valence-electron chi connectivity index (χ0n) is 19.0. The minimum Gasteiger partial charge on any atom is -0.497 e. The number of benzene rings is 2. The van der Waals surface area contributed by atoms with E-state index in [1.165, 1.54) is 37.3 Å². The molecule has 0 bridgehead atoms. The number of carbonyl (C=O) groups is 1. The van der Waals surface area contributed by atoms with E-state index >= 15 is 0 Å². The molecule has 2 aromatic heterocycles. The Hall–Kier alpha value is -3.92. The average molecular weight is 498 g/mol. The summed E-state index contributed by atoms with van der Waals surface area (Å²) in [5, 5.41) is 3.30. The molecule has 1 N–H and O–H groups in total. The summed E-state index contributed by atoms with van der Waals surface area (Å²) in [6.07, 6.45) is 3.33. The molecule has 180 valence electrons. The lowest BCUT2D eigenvalue weighted by molar-refractivity contribution is -0.0494. The van der Waals surface area contributed by atoms with Crippen molar-refractivity contribution in [3.05, 3.63) is 72.1 Å². The Bertz CT molecular complexity index is 1330. The van der Waals surface area contributed by atoms with Crippen molar-refractivity contribution in [1.29, 1.82) is 0 Å². The third kappa shape index (κ3) is 5.43. The van der Waals surface area contributed by atoms with Crippen LogP contribution in [0.1, 0.15) is 16.1 Å². The number of methoxy groups -OCH3 is 1. The molecule has 0 aliphatic carbocycles. The number of halogens is 2. The van der Waals surface area contributed by atoms with Gasteiger partial charge in [-0.25, -0.2) is 9.97 Å². The van der Waals surface area contributed by atoms with Crippen LogP contribution >= 0.6 is 11.8 Å². The zero-order valence-corrected chi connectivity index (χ0v) is 19.9. The fraction of sp³-hybridized carbons (Fsp3) is 0.160. The van der Waals surface area contributed by atoms with Crippen LogP contribution in [0.15, 0.2) is 70.3 Å². The van der Waals surface area contributed by atoms with Gasteiger partial charge in [-0.05, 0) is 61.2 Å². The van der Waals surface area contributed by atoms with Crippen LogP contribution in [0.25, 0.3) is 22.7 Å². The van der Waals surface area contributed by atoms with Crippen LogP contribution in [-0.4, -0.2) is 35.9 Å². The highest BCUT2D eigenvalue weighted by Crippen LogP contribution is 2.35. The number of carbonyl (C=O) groups excluding carboxylic acids is 1. The van der Waals surface area contributed by atoms with Gasteiger partial charge in [0.15, 0.2) is 11.6 Å². The molecule has 1 amide bonds. The van der Waals surface area contributed by atoms with E-state index in [-0.39, 0.29) is 5.75 Å². The lowest BCUT2D eigenvalue weighted by atomic mass is 10.0. The first-order chi connectivity index (χ1) is 16.9. The van der Waals surface area contributed by atoms with Gasteiger partial charge in [0, 0.05) is 11.3 Å². The molecule has 0 saturated heterocycles. The summed E-state index contributed by atoms with van der Waals surface area (Å²) in [5.74, 6) is 1.04. The van der Waals surface area contributed by atoms with E-state index in [1.54, 1.807) is 49.4 Å². The molecule has 4 rings (SSSR count). The molecule has 0 spiro atoms. The van der Waals surface area contributed by atoms with E-state index < -0.39 is 12.5 Å². The highest BCUT2D eigenvalue weighted by atomic mass is 32.2. The molecule has 0 saturated carbocycles. The number of nitrogens with one attached hydrogen (secondary N) is 1. The van der Waals surface area contributed by atoms with Crippen molar-refractivity contribution in [2.24, 2.45) is 0 Å². The number of furan rings is 1. The molecule has 0 aliphatic heterocycles. The maximum absolute atomic E-state index is 13.2. The predicted molar refractivity (Wildman–Crippen MR) is 129 cm³/mol. The molecule has 2 heterocycles. The smallest absolute Gasteiger partial charge is 0.387 e. The van der Waals surface area contributed by atoms with Gasteiger partial charge in [0.1, 0.15) is 16.5 Å². The van der Waals surface area contributed by atoms with Crippen LogP contribution in [0.4, 0.5) is 14.5 Å². The summed E-state index contributed by atoms with van der Waals surface area (Å²) in [7, 11) is 1.53. The number of hydrogen-bond donors (Lipinski definition) is 1. The summed E-state index contributed by atoms with van der Waals surface area (Å²) >= 11 is 1.30. The average Bonchev–Trinajstić information content (AvgIpc) is 3.39. The fourth-order valence-corrected chi connectivity index (χ4v) is 4.09. The largest absolute Gasteiger partial charge is 0.497 e. The van der Waals surface area contributed by atoms with Gasteiger partial charge < -0.3 is 19.2 Å². The Kier molecular flexibility index (Phi) is 7.31. The maximum atomic E-state index is 13.2. The molecule has 0 atom stereocenters. The molecule has 10 heteroatoms. The number of amides is 1. The summed E-state index contributed by atoms with van der Waals surface area (Å²) in [6.45, 7) is -1.28. The number of hydrogen-bond acceptors (Lipinski definition) is 7. The maximum Gasteiger partial charge on any atom is 0.387 e. The quantitative estimate of drug-likeness (QED) is 0.226. The van der Waals surface area contributed by atoms with Gasteiger partial charge in [-0.2, -0.15) is 8.78 Å². The fourth-order valence-electron chi connectivity index (χ4n) is 3.47. The number of aromatic nitrogens is 2. The highest BCUT2D eigenvalue weighted by molar-refractivity contribution is 7.98. The minimum atomic E-state index is -3.00. The first-order valence-corrected chi connectivity index (χ1v) is 11.6. The number of anilines is 1. The van der Waals surface area contributed by atoms with Gasteiger partial charge in [0.25, 0.3) is 5.91 Å². The van der Waals surface area contributed by atoms with Crippen LogP contribution in [-0.2, 0) is 0 Å². The first kappa shape index (κ1) is 24.2. The van der Waals surface area contributed by atoms with Gasteiger partial charge in [-0.3, -0.25) is 4.79 Å². The Morgan fingerprint density at radius 3 is 2.51 bits per heavy atom. The Balaban J connectivity index is 1.67. The van der Waals surface area contributed by atoms with Crippen LogP contribution in [0, 0.1) is 6.92 Å². The Morgan fingerprint density at radius 2 is 1.89 bits per heavy atom. The lowest BCUT2D eigenvalue weighted by Gasteiger charge is -2.15. The van der Waals surface area contributed by atoms with Crippen molar-refractivity contribution in [3.63, 3.8) is 0 Å². The van der Waals surface area contributed by atoms with Gasteiger partial charge in [-0.1, -0.05) is 12.1 Å². The SMILES string of the molecule is COc1ccc(-c2cc(NC(=O)c3c(C)nc(-c4ccco4)nc3SC)ccc2OC(F)F)cc1. The van der Waals surface area contributed by atoms with Crippen LogP contribution in [0.3, 0.4) is 0 Å². The normalized spacial score (nSPS) is 10.9. The van der Waals surface area contributed by atoms with Crippen molar-refractivity contribution >= 4 is 23.4 Å². The van der Waals surface area contributed by atoms with Gasteiger partial charge in [-0.15, -0.1) is 11.8 Å². The second-order valence-corrected chi connectivity index (χ2v) is 8.06. The molecule has 0 fully saturated rings. The lowest BCUT2D eigenvalue weighted by Crippen LogP contribution is -2.17. The minimum absolute atomic E-state index is 0.0183. The van der Waals surface area contributed by atoms with Crippen molar-refractivity contribution in [1.82, 2.24) is 9.97 Å². The summed E-state index contributed by atoms with van der Waals surface area (Å²) in [5.41, 5.74) is 2.18. The number of thioether (sulfide) groups is 1. The van der Waals surface area contributed by atoms with E-state index in [4.69, 9.17) is 13.9 Å². The van der Waals surface area contributed by atoms with E-state index in [1.807, 2.05) is 6.26 Å². The molecule has 7 nitrogen and oxygen atoms in total. The molecule has 0 aliphatic rings. The van der Waals surface area contributed by atoms with Crippen molar-refractivity contribution in [2.75, 3.05) is 18.7 Å². The predicted octanol–water partition coefficient (Wildman–Crippen LogP) is 6.30. The molecular weight excluding hydrogens is 476 g/mol. The number of rotatable bonds is 8. The number of alkyl halides is 2. The zero-order chi connectivity index (χ0) is 24.9. The van der Waals surface area contributed by atoms with E-state index in [0.717, 1.165) is 0 Å². The van der Waals surface area contributed by atoms with E-state index in [0.29, 0.717) is 50.4 Å². The van der Waals surface area contributed by atoms with Crippen molar-refractivity contribution < 1.29 is 27.5 Å². The number of ether oxygens (including phenoxy) is 2. The Labute approximate surface area is 204 Å².